The molecule has 2 fully saturated rings. The van der Waals surface area contributed by atoms with E-state index in [1.807, 2.05) is 15.8 Å². The van der Waals surface area contributed by atoms with Gasteiger partial charge >= 0.3 is 0 Å². The lowest BCUT2D eigenvalue weighted by Crippen LogP contribution is -2.47. The second-order valence-corrected chi connectivity index (χ2v) is 6.98. The Hall–Kier alpha value is -2.15. The van der Waals surface area contributed by atoms with Gasteiger partial charge in [0, 0.05) is 31.4 Å². The Labute approximate surface area is 143 Å². The largest absolute Gasteiger partial charge is 0.331 e. The molecule has 2 aromatic rings. The van der Waals surface area contributed by atoms with Crippen LogP contribution in [0.1, 0.15) is 42.2 Å². The average Bonchev–Trinajstić information content (AvgIpc) is 3.10. The van der Waals surface area contributed by atoms with Crippen molar-refractivity contribution in [3.63, 3.8) is 0 Å². The number of piperidine rings is 1. The molecule has 2 unspecified atom stereocenters. The topological polar surface area (TPSA) is 73.0 Å². The molecule has 0 N–H and O–H groups in total. The van der Waals surface area contributed by atoms with Gasteiger partial charge in [0.25, 0.3) is 11.5 Å². The molecule has 2 saturated heterocycles. The monoisotopic (exact) mass is 347 g/mol. The van der Waals surface area contributed by atoms with E-state index < -0.39 is 0 Å². The van der Waals surface area contributed by atoms with Crippen LogP contribution >= 0.6 is 11.6 Å². The van der Waals surface area contributed by atoms with Crippen molar-refractivity contribution in [2.75, 3.05) is 0 Å². The number of fused-ring (bicyclic) bond motifs is 2. The third-order valence-corrected chi connectivity index (χ3v) is 5.26. The SMILES string of the molecule is Cn1nc(C(=O)N2C3CCC2CC(n2cc(Cl)cn2)C3)ccc1=O. The maximum absolute atomic E-state index is 12.9. The molecule has 2 bridgehead atoms. The summed E-state index contributed by atoms with van der Waals surface area (Å²) in [4.78, 5) is 26.3. The number of nitrogens with zero attached hydrogens (tertiary/aromatic N) is 5. The normalized spacial score (nSPS) is 25.9. The van der Waals surface area contributed by atoms with E-state index in [9.17, 15) is 9.59 Å². The third-order valence-electron chi connectivity index (χ3n) is 5.07. The molecule has 126 valence electrons. The van der Waals surface area contributed by atoms with Crippen LogP contribution in [0.2, 0.25) is 5.02 Å². The number of carbonyl (C=O) groups is 1. The van der Waals surface area contributed by atoms with E-state index in [0.29, 0.717) is 10.7 Å². The van der Waals surface area contributed by atoms with E-state index >= 15 is 0 Å². The number of carbonyl (C=O) groups excluding carboxylic acids is 1. The van der Waals surface area contributed by atoms with Gasteiger partial charge in [0.15, 0.2) is 0 Å². The molecular weight excluding hydrogens is 330 g/mol. The number of aromatic nitrogens is 4. The molecule has 0 saturated carbocycles. The molecule has 2 aromatic heterocycles. The van der Waals surface area contributed by atoms with Crippen LogP contribution in [-0.2, 0) is 7.05 Å². The van der Waals surface area contributed by atoms with Crippen molar-refractivity contribution >= 4 is 17.5 Å². The molecule has 7 nitrogen and oxygen atoms in total. The van der Waals surface area contributed by atoms with Gasteiger partial charge in [-0.15, -0.1) is 0 Å². The van der Waals surface area contributed by atoms with E-state index in [4.69, 9.17) is 11.6 Å². The molecule has 4 rings (SSSR count). The highest BCUT2D eigenvalue weighted by Gasteiger charge is 2.44. The van der Waals surface area contributed by atoms with Crippen molar-refractivity contribution in [1.29, 1.82) is 0 Å². The van der Waals surface area contributed by atoms with Gasteiger partial charge in [0.2, 0.25) is 0 Å². The maximum Gasteiger partial charge on any atom is 0.274 e. The predicted molar refractivity (Wildman–Crippen MR) is 88.0 cm³/mol. The van der Waals surface area contributed by atoms with E-state index in [0.717, 1.165) is 25.7 Å². The molecule has 2 aliphatic heterocycles. The zero-order chi connectivity index (χ0) is 16.8. The quantitative estimate of drug-likeness (QED) is 0.827. The summed E-state index contributed by atoms with van der Waals surface area (Å²) < 4.78 is 3.12. The fraction of sp³-hybridized carbons (Fsp3) is 0.500. The Balaban J connectivity index is 1.56. The minimum absolute atomic E-state index is 0.0879. The fourth-order valence-electron chi connectivity index (χ4n) is 3.96. The van der Waals surface area contributed by atoms with Gasteiger partial charge in [-0.2, -0.15) is 10.2 Å². The van der Waals surface area contributed by atoms with Gasteiger partial charge in [-0.25, -0.2) is 4.68 Å². The molecule has 1 amide bonds. The van der Waals surface area contributed by atoms with Gasteiger partial charge in [-0.05, 0) is 31.7 Å². The standard InChI is InChI=1S/C16H18ClN5O2/c1-20-15(23)5-4-14(19-20)16(24)22-11-2-3-12(22)7-13(6-11)21-9-10(17)8-18-21/h4-5,8-9,11-13H,2-3,6-7H2,1H3. The van der Waals surface area contributed by atoms with Crippen molar-refractivity contribution in [1.82, 2.24) is 24.5 Å². The van der Waals surface area contributed by atoms with E-state index in [1.165, 1.54) is 16.8 Å². The smallest absolute Gasteiger partial charge is 0.274 e. The highest BCUT2D eigenvalue weighted by molar-refractivity contribution is 6.30. The van der Waals surface area contributed by atoms with Gasteiger partial charge in [0.1, 0.15) is 5.69 Å². The molecule has 2 atom stereocenters. The number of amides is 1. The summed E-state index contributed by atoms with van der Waals surface area (Å²) in [5.74, 6) is -0.0879. The van der Waals surface area contributed by atoms with Crippen molar-refractivity contribution < 1.29 is 4.79 Å². The molecule has 8 heteroatoms. The van der Waals surface area contributed by atoms with Crippen LogP contribution in [-0.4, -0.2) is 42.5 Å². The van der Waals surface area contributed by atoms with Gasteiger partial charge in [-0.3, -0.25) is 14.3 Å². The van der Waals surface area contributed by atoms with Gasteiger partial charge in [-0.1, -0.05) is 11.6 Å². The van der Waals surface area contributed by atoms with Gasteiger partial charge in [0.05, 0.1) is 17.3 Å². The van der Waals surface area contributed by atoms with Crippen molar-refractivity contribution in [2.45, 2.75) is 43.8 Å². The summed E-state index contributed by atoms with van der Waals surface area (Å²) in [5.41, 5.74) is 0.110. The minimum atomic E-state index is -0.219. The maximum atomic E-state index is 12.9. The molecule has 24 heavy (non-hydrogen) atoms. The molecule has 0 radical (unpaired) electrons. The Morgan fingerprint density at radius 1 is 1.21 bits per heavy atom. The molecule has 0 aromatic carbocycles. The first-order valence-corrected chi connectivity index (χ1v) is 8.47. The Morgan fingerprint density at radius 3 is 2.50 bits per heavy atom. The number of hydrogen-bond donors (Lipinski definition) is 0. The lowest BCUT2D eigenvalue weighted by Gasteiger charge is -2.38. The number of halogens is 1. The fourth-order valence-corrected chi connectivity index (χ4v) is 4.10. The second kappa shape index (κ2) is 5.73. The highest BCUT2D eigenvalue weighted by Crippen LogP contribution is 2.41. The zero-order valence-electron chi connectivity index (χ0n) is 13.3. The lowest BCUT2D eigenvalue weighted by molar-refractivity contribution is 0.0515. The van der Waals surface area contributed by atoms with Crippen LogP contribution in [0.15, 0.2) is 29.3 Å². The Kier molecular flexibility index (Phi) is 3.68. The summed E-state index contributed by atoms with van der Waals surface area (Å²) in [6, 6.07) is 3.54. The third kappa shape index (κ3) is 2.53. The Bertz CT molecular complexity index is 831. The average molecular weight is 348 g/mol. The summed E-state index contributed by atoms with van der Waals surface area (Å²) in [6.45, 7) is 0. The van der Waals surface area contributed by atoms with Crippen molar-refractivity contribution in [2.24, 2.45) is 7.05 Å². The van der Waals surface area contributed by atoms with E-state index in [2.05, 4.69) is 10.2 Å². The highest BCUT2D eigenvalue weighted by atomic mass is 35.5. The summed E-state index contributed by atoms with van der Waals surface area (Å²) in [7, 11) is 1.56. The predicted octanol–water partition coefficient (Wildman–Crippen LogP) is 1.64. The number of rotatable bonds is 2. The number of hydrogen-bond acceptors (Lipinski definition) is 4. The number of aryl methyl sites for hydroxylation is 1. The lowest BCUT2D eigenvalue weighted by atomic mass is 9.97. The van der Waals surface area contributed by atoms with Crippen molar-refractivity contribution in [3.05, 3.63) is 45.6 Å². The molecule has 0 aliphatic carbocycles. The summed E-state index contributed by atoms with van der Waals surface area (Å²) >= 11 is 5.97. The van der Waals surface area contributed by atoms with Gasteiger partial charge < -0.3 is 4.90 Å². The zero-order valence-corrected chi connectivity index (χ0v) is 14.1. The minimum Gasteiger partial charge on any atom is -0.331 e. The first kappa shape index (κ1) is 15.4. The van der Waals surface area contributed by atoms with Crippen LogP contribution in [0.5, 0.6) is 0 Å². The first-order chi connectivity index (χ1) is 11.5. The van der Waals surface area contributed by atoms with E-state index in [1.54, 1.807) is 13.2 Å². The van der Waals surface area contributed by atoms with Crippen LogP contribution in [0.25, 0.3) is 0 Å². The van der Waals surface area contributed by atoms with Crippen LogP contribution in [0.4, 0.5) is 0 Å². The van der Waals surface area contributed by atoms with Crippen LogP contribution in [0, 0.1) is 0 Å². The summed E-state index contributed by atoms with van der Waals surface area (Å²) in [6.07, 6.45) is 7.21. The first-order valence-electron chi connectivity index (χ1n) is 8.09. The molecule has 4 heterocycles. The Morgan fingerprint density at radius 2 is 1.92 bits per heavy atom. The molecule has 2 aliphatic rings. The van der Waals surface area contributed by atoms with E-state index in [-0.39, 0.29) is 29.6 Å². The van der Waals surface area contributed by atoms with Crippen LogP contribution in [0.3, 0.4) is 0 Å². The van der Waals surface area contributed by atoms with Crippen molar-refractivity contribution in [3.8, 4) is 0 Å². The molecular formula is C16H18ClN5O2. The summed E-state index contributed by atoms with van der Waals surface area (Å²) in [5, 5.41) is 9.05. The van der Waals surface area contributed by atoms with Crippen LogP contribution < -0.4 is 5.56 Å². The second-order valence-electron chi connectivity index (χ2n) is 6.54. The molecule has 0 spiro atoms.